The van der Waals surface area contributed by atoms with Crippen molar-refractivity contribution in [2.45, 2.75) is 13.0 Å². The van der Waals surface area contributed by atoms with Gasteiger partial charge >= 0.3 is 0 Å². The molecule has 2 aromatic rings. The molecule has 1 heterocycles. The molecule has 0 bridgehead atoms. The number of aromatic nitrogens is 1. The molecule has 0 fully saturated rings. The molecule has 0 amide bonds. The molecule has 0 aliphatic heterocycles. The standard InChI is InChI=1S/C13H8F6N2/c1-5(6-2-7(14)4-20-3-6)21-13-11(18)9(16)8(15)10(17)12(13)19/h2-5,21H,1H3. The van der Waals surface area contributed by atoms with E-state index in [4.69, 9.17) is 0 Å². The van der Waals surface area contributed by atoms with E-state index in [1.165, 1.54) is 13.1 Å². The van der Waals surface area contributed by atoms with E-state index in [1.54, 1.807) is 0 Å². The molecule has 1 aromatic carbocycles. The first-order valence-corrected chi connectivity index (χ1v) is 5.71. The molecule has 0 saturated carbocycles. The second-order valence-corrected chi connectivity index (χ2v) is 4.25. The second-order valence-electron chi connectivity index (χ2n) is 4.25. The third-order valence-corrected chi connectivity index (χ3v) is 2.80. The minimum atomic E-state index is -2.24. The van der Waals surface area contributed by atoms with E-state index < -0.39 is 46.6 Å². The zero-order valence-electron chi connectivity index (χ0n) is 10.5. The summed E-state index contributed by atoms with van der Waals surface area (Å²) >= 11 is 0. The highest BCUT2D eigenvalue weighted by Gasteiger charge is 2.26. The fourth-order valence-electron chi connectivity index (χ4n) is 1.70. The summed E-state index contributed by atoms with van der Waals surface area (Å²) in [4.78, 5) is 3.53. The molecule has 0 aliphatic carbocycles. The van der Waals surface area contributed by atoms with E-state index in [1.807, 2.05) is 0 Å². The van der Waals surface area contributed by atoms with Gasteiger partial charge in [0.05, 0.1) is 12.2 Å². The molecule has 0 aliphatic rings. The number of benzene rings is 1. The summed E-state index contributed by atoms with van der Waals surface area (Å²) in [5, 5.41) is 2.13. The first-order chi connectivity index (χ1) is 9.82. The average molecular weight is 306 g/mol. The van der Waals surface area contributed by atoms with Gasteiger partial charge in [-0.2, -0.15) is 0 Å². The number of nitrogens with zero attached hydrogens (tertiary/aromatic N) is 1. The third kappa shape index (κ3) is 2.79. The molecule has 21 heavy (non-hydrogen) atoms. The molecule has 112 valence electrons. The smallest absolute Gasteiger partial charge is 0.200 e. The predicted molar refractivity (Wildman–Crippen MR) is 62.5 cm³/mol. The molecular formula is C13H8F6N2. The number of nitrogens with one attached hydrogen (secondary N) is 1. The molecule has 1 unspecified atom stereocenters. The van der Waals surface area contributed by atoms with Gasteiger partial charge in [-0.15, -0.1) is 0 Å². The van der Waals surface area contributed by atoms with Gasteiger partial charge in [-0.3, -0.25) is 4.98 Å². The van der Waals surface area contributed by atoms with Crippen LogP contribution >= 0.6 is 0 Å². The van der Waals surface area contributed by atoms with Crippen LogP contribution in [0.2, 0.25) is 0 Å². The summed E-state index contributed by atoms with van der Waals surface area (Å²) in [6.45, 7) is 1.36. The van der Waals surface area contributed by atoms with Crippen LogP contribution in [-0.2, 0) is 0 Å². The fraction of sp³-hybridized carbons (Fsp3) is 0.154. The molecule has 1 atom stereocenters. The summed E-state index contributed by atoms with van der Waals surface area (Å²) in [6, 6.07) is 0.0953. The molecule has 8 heteroatoms. The fourth-order valence-corrected chi connectivity index (χ4v) is 1.70. The minimum Gasteiger partial charge on any atom is -0.374 e. The summed E-state index contributed by atoms with van der Waals surface area (Å²) in [7, 11) is 0. The summed E-state index contributed by atoms with van der Waals surface area (Å²) in [5.74, 6) is -11.0. The van der Waals surface area contributed by atoms with Crippen molar-refractivity contribution in [3.05, 3.63) is 58.9 Å². The van der Waals surface area contributed by atoms with Gasteiger partial charge in [0.2, 0.25) is 5.82 Å². The van der Waals surface area contributed by atoms with E-state index >= 15 is 0 Å². The van der Waals surface area contributed by atoms with Gasteiger partial charge in [-0.1, -0.05) is 0 Å². The molecule has 1 N–H and O–H groups in total. The van der Waals surface area contributed by atoms with Gasteiger partial charge in [0.25, 0.3) is 0 Å². The number of rotatable bonds is 3. The number of halogens is 6. The lowest BCUT2D eigenvalue weighted by atomic mass is 10.1. The Hall–Kier alpha value is -2.25. The van der Waals surface area contributed by atoms with Crippen LogP contribution in [0.3, 0.4) is 0 Å². The van der Waals surface area contributed by atoms with Crippen molar-refractivity contribution in [3.8, 4) is 0 Å². The molecule has 0 radical (unpaired) electrons. The Labute approximate surface area is 115 Å². The summed E-state index contributed by atoms with van der Waals surface area (Å²) in [6.07, 6.45) is 2.11. The lowest BCUT2D eigenvalue weighted by Gasteiger charge is -2.17. The van der Waals surface area contributed by atoms with Gasteiger partial charge in [0, 0.05) is 6.20 Å². The van der Waals surface area contributed by atoms with Gasteiger partial charge < -0.3 is 5.32 Å². The van der Waals surface area contributed by atoms with Crippen LogP contribution in [0.4, 0.5) is 32.0 Å². The predicted octanol–water partition coefficient (Wildman–Crippen LogP) is 4.09. The first kappa shape index (κ1) is 15.1. The van der Waals surface area contributed by atoms with E-state index in [9.17, 15) is 26.3 Å². The van der Waals surface area contributed by atoms with Crippen molar-refractivity contribution >= 4 is 5.69 Å². The average Bonchev–Trinajstić information content (AvgIpc) is 2.47. The van der Waals surface area contributed by atoms with Crippen LogP contribution in [0.15, 0.2) is 18.5 Å². The number of pyridine rings is 1. The Morgan fingerprint density at radius 3 is 1.90 bits per heavy atom. The van der Waals surface area contributed by atoms with Crippen LogP contribution in [-0.4, -0.2) is 4.98 Å². The Morgan fingerprint density at radius 1 is 0.857 bits per heavy atom. The van der Waals surface area contributed by atoms with E-state index in [0.29, 0.717) is 0 Å². The summed E-state index contributed by atoms with van der Waals surface area (Å²) in [5.41, 5.74) is -0.998. The van der Waals surface area contributed by atoms with Crippen LogP contribution in [0.25, 0.3) is 0 Å². The third-order valence-electron chi connectivity index (χ3n) is 2.80. The van der Waals surface area contributed by atoms with Gasteiger partial charge in [-0.05, 0) is 18.6 Å². The van der Waals surface area contributed by atoms with Crippen LogP contribution in [0, 0.1) is 34.9 Å². The van der Waals surface area contributed by atoms with Crippen LogP contribution in [0.1, 0.15) is 18.5 Å². The second kappa shape index (κ2) is 5.63. The van der Waals surface area contributed by atoms with E-state index in [2.05, 4.69) is 10.3 Å². The minimum absolute atomic E-state index is 0.180. The Morgan fingerprint density at radius 2 is 1.38 bits per heavy atom. The Kier molecular flexibility index (Phi) is 4.06. The van der Waals surface area contributed by atoms with Crippen LogP contribution in [0.5, 0.6) is 0 Å². The monoisotopic (exact) mass is 306 g/mol. The Balaban J connectivity index is 2.40. The van der Waals surface area contributed by atoms with Crippen molar-refractivity contribution in [2.24, 2.45) is 0 Å². The van der Waals surface area contributed by atoms with Crippen molar-refractivity contribution in [1.29, 1.82) is 0 Å². The molecular weight excluding hydrogens is 298 g/mol. The van der Waals surface area contributed by atoms with Crippen molar-refractivity contribution in [2.75, 3.05) is 5.32 Å². The maximum absolute atomic E-state index is 13.5. The Bertz CT molecular complexity index is 660. The largest absolute Gasteiger partial charge is 0.374 e. The van der Waals surface area contributed by atoms with Gasteiger partial charge in [-0.25, -0.2) is 26.3 Å². The van der Waals surface area contributed by atoms with Crippen LogP contribution < -0.4 is 5.32 Å². The highest BCUT2D eigenvalue weighted by atomic mass is 19.2. The maximum atomic E-state index is 13.5. The lowest BCUT2D eigenvalue weighted by molar-refractivity contribution is 0.381. The maximum Gasteiger partial charge on any atom is 0.200 e. The first-order valence-electron chi connectivity index (χ1n) is 5.71. The van der Waals surface area contributed by atoms with Crippen molar-refractivity contribution in [1.82, 2.24) is 4.98 Å². The SMILES string of the molecule is CC(Nc1c(F)c(F)c(F)c(F)c1F)c1cncc(F)c1. The van der Waals surface area contributed by atoms with Gasteiger partial charge in [0.1, 0.15) is 11.5 Å². The van der Waals surface area contributed by atoms with Crippen molar-refractivity contribution < 1.29 is 26.3 Å². The molecule has 2 rings (SSSR count). The highest BCUT2D eigenvalue weighted by Crippen LogP contribution is 2.30. The van der Waals surface area contributed by atoms with E-state index in [-0.39, 0.29) is 5.56 Å². The lowest BCUT2D eigenvalue weighted by Crippen LogP contribution is -2.13. The topological polar surface area (TPSA) is 24.9 Å². The van der Waals surface area contributed by atoms with E-state index in [0.717, 1.165) is 12.3 Å². The summed E-state index contributed by atoms with van der Waals surface area (Å²) < 4.78 is 79.0. The van der Waals surface area contributed by atoms with Gasteiger partial charge in [0.15, 0.2) is 23.3 Å². The zero-order chi connectivity index (χ0) is 15.7. The number of hydrogen-bond donors (Lipinski definition) is 1. The zero-order valence-corrected chi connectivity index (χ0v) is 10.5. The van der Waals surface area contributed by atoms with Crippen molar-refractivity contribution in [3.63, 3.8) is 0 Å². The quantitative estimate of drug-likeness (QED) is 0.525. The molecule has 0 spiro atoms. The number of hydrogen-bond acceptors (Lipinski definition) is 2. The highest BCUT2D eigenvalue weighted by molar-refractivity contribution is 5.49. The molecule has 0 saturated heterocycles. The normalized spacial score (nSPS) is 12.3. The molecule has 2 nitrogen and oxygen atoms in total. The number of anilines is 1. The molecule has 1 aromatic heterocycles.